The Labute approximate surface area is 85.8 Å². The Hall–Kier alpha value is -0.300. The molecule has 1 aromatic rings. The quantitative estimate of drug-likeness (QED) is 0.615. The van der Waals surface area contributed by atoms with E-state index in [1.807, 2.05) is 0 Å². The summed E-state index contributed by atoms with van der Waals surface area (Å²) in [7, 11) is 0. The lowest BCUT2D eigenvalue weighted by Gasteiger charge is -2.03. The molecular weight excluding hydrogens is 188 g/mol. The van der Waals surface area contributed by atoms with Gasteiger partial charge < -0.3 is 0 Å². The van der Waals surface area contributed by atoms with Gasteiger partial charge in [-0.3, -0.25) is 0 Å². The maximum atomic E-state index is 7.79. The van der Waals surface area contributed by atoms with Crippen LogP contribution in [0.25, 0.3) is 0 Å². The van der Waals surface area contributed by atoms with E-state index in [0.29, 0.717) is 0 Å². The van der Waals surface area contributed by atoms with Crippen LogP contribution in [-0.2, 0) is 0 Å². The molecule has 0 saturated carbocycles. The SMILES string of the molecule is [2H]c1c(C([2H])([2H])[2H])c([2H])c(C([2H])([2H])[2H])c(Br)c1C([2H])([2H])[2H]. The zero-order valence-electron chi connectivity index (χ0n) is 15.9. The Morgan fingerprint density at radius 1 is 1.30 bits per heavy atom. The topological polar surface area (TPSA) is 0 Å². The highest BCUT2D eigenvalue weighted by Gasteiger charge is 1.97. The molecule has 1 aromatic carbocycles. The Balaban J connectivity index is 4.04. The average molecular weight is 210 g/mol. The van der Waals surface area contributed by atoms with Crippen molar-refractivity contribution in [2.24, 2.45) is 0 Å². The van der Waals surface area contributed by atoms with Crippen LogP contribution in [0.15, 0.2) is 16.6 Å². The maximum Gasteiger partial charge on any atom is 0.0629 e. The number of halogens is 1. The zero-order valence-corrected chi connectivity index (χ0v) is 6.46. The van der Waals surface area contributed by atoms with Crippen molar-refractivity contribution in [1.29, 1.82) is 0 Å². The van der Waals surface area contributed by atoms with Crippen molar-refractivity contribution >= 4 is 15.9 Å². The normalized spacial score (nSPS) is 29.9. The molecular formula is C9H11Br. The van der Waals surface area contributed by atoms with Gasteiger partial charge in [0.25, 0.3) is 0 Å². The highest BCUT2D eigenvalue weighted by Crippen LogP contribution is 2.21. The van der Waals surface area contributed by atoms with Gasteiger partial charge in [0, 0.05) is 16.8 Å². The first-order chi connectivity index (χ1) is 9.10. The van der Waals surface area contributed by atoms with Gasteiger partial charge in [-0.2, -0.15) is 0 Å². The molecule has 0 aliphatic rings. The van der Waals surface area contributed by atoms with E-state index in [1.165, 1.54) is 0 Å². The van der Waals surface area contributed by atoms with E-state index < -0.39 is 53.8 Å². The van der Waals surface area contributed by atoms with E-state index in [1.54, 1.807) is 0 Å². The highest BCUT2D eigenvalue weighted by molar-refractivity contribution is 9.10. The predicted molar refractivity (Wildman–Crippen MR) is 48.4 cm³/mol. The summed E-state index contributed by atoms with van der Waals surface area (Å²) >= 11 is 2.81. The lowest BCUT2D eigenvalue weighted by Crippen LogP contribution is -1.82. The molecule has 1 rings (SSSR count). The second-order valence-corrected chi connectivity index (χ2v) is 2.48. The third-order valence-corrected chi connectivity index (χ3v) is 1.73. The van der Waals surface area contributed by atoms with Crippen LogP contribution in [0, 0.1) is 20.6 Å². The van der Waals surface area contributed by atoms with Crippen LogP contribution in [0.2, 0.25) is 0 Å². The second-order valence-electron chi connectivity index (χ2n) is 1.69. The minimum atomic E-state index is -2.96. The molecule has 0 amide bonds. The summed E-state index contributed by atoms with van der Waals surface area (Å²) in [6.45, 7) is -8.73. The first kappa shape index (κ1) is 1.71. The van der Waals surface area contributed by atoms with E-state index in [2.05, 4.69) is 15.9 Å². The van der Waals surface area contributed by atoms with Crippen molar-refractivity contribution in [2.45, 2.75) is 20.6 Å². The fourth-order valence-corrected chi connectivity index (χ4v) is 0.714. The highest BCUT2D eigenvalue weighted by atomic mass is 79.9. The molecule has 0 heterocycles. The van der Waals surface area contributed by atoms with Gasteiger partial charge in [0.1, 0.15) is 0 Å². The predicted octanol–water partition coefficient (Wildman–Crippen LogP) is 3.37. The molecule has 10 heavy (non-hydrogen) atoms. The van der Waals surface area contributed by atoms with Crippen LogP contribution in [-0.4, -0.2) is 0 Å². The molecule has 0 unspecified atom stereocenters. The van der Waals surface area contributed by atoms with Crippen LogP contribution in [0.4, 0.5) is 0 Å². The Morgan fingerprint density at radius 2 is 1.90 bits per heavy atom. The molecule has 1 heteroatoms. The van der Waals surface area contributed by atoms with Crippen LogP contribution in [0.1, 0.15) is 31.8 Å². The summed E-state index contributed by atoms with van der Waals surface area (Å²) in [5.74, 6) is 0. The monoisotopic (exact) mass is 209 g/mol. The van der Waals surface area contributed by atoms with Gasteiger partial charge >= 0.3 is 0 Å². The molecule has 0 radical (unpaired) electrons. The number of rotatable bonds is 0. The summed E-state index contributed by atoms with van der Waals surface area (Å²) < 4.78 is 81.4. The molecule has 0 N–H and O–H groups in total. The average Bonchev–Trinajstić information content (AvgIpc) is 2.07. The van der Waals surface area contributed by atoms with Crippen LogP contribution < -0.4 is 0 Å². The van der Waals surface area contributed by atoms with Crippen molar-refractivity contribution in [3.8, 4) is 0 Å². The van der Waals surface area contributed by atoms with Crippen LogP contribution >= 0.6 is 15.9 Å². The summed E-state index contributed by atoms with van der Waals surface area (Å²) in [5, 5.41) is 0. The molecule has 0 saturated heterocycles. The number of hydrogen-bond acceptors (Lipinski definition) is 0. The van der Waals surface area contributed by atoms with Gasteiger partial charge in [-0.1, -0.05) is 33.6 Å². The Kier molecular flexibility index (Phi) is 0.471. The summed E-state index contributed by atoms with van der Waals surface area (Å²) in [5.41, 5.74) is -2.30. The zero-order chi connectivity index (χ0) is 17.0. The molecule has 0 atom stereocenters. The summed E-state index contributed by atoms with van der Waals surface area (Å²) in [4.78, 5) is 0. The van der Waals surface area contributed by atoms with Gasteiger partial charge in [-0.05, 0) is 31.7 Å². The van der Waals surface area contributed by atoms with E-state index >= 15 is 0 Å². The minimum Gasteiger partial charge on any atom is -0.0552 e. The standard InChI is InChI=1S/C9H11Br/c1-6-4-7(2)9(10)8(3)5-6/h4-5H,1-3H3/i1D3,2D3,3D3,4D,5D. The first-order valence-corrected chi connectivity index (χ1v) is 3.23. The largest absolute Gasteiger partial charge is 0.0629 e. The first-order valence-electron chi connectivity index (χ1n) is 7.94. The van der Waals surface area contributed by atoms with Gasteiger partial charge in [0.2, 0.25) is 0 Å². The van der Waals surface area contributed by atoms with Gasteiger partial charge in [-0.25, -0.2) is 0 Å². The Bertz CT molecular complexity index is 461. The molecule has 54 valence electrons. The van der Waals surface area contributed by atoms with E-state index in [-0.39, 0.29) is 0 Å². The maximum absolute atomic E-state index is 7.79. The molecule has 0 aromatic heterocycles. The third kappa shape index (κ3) is 1.40. The van der Waals surface area contributed by atoms with Crippen LogP contribution in [0.3, 0.4) is 0 Å². The molecule has 0 nitrogen and oxygen atoms in total. The smallest absolute Gasteiger partial charge is 0.0552 e. The van der Waals surface area contributed by atoms with Gasteiger partial charge in [-0.15, -0.1) is 0 Å². The number of hydrogen-bond donors (Lipinski definition) is 0. The Morgan fingerprint density at radius 3 is 2.30 bits per heavy atom. The summed E-state index contributed by atoms with van der Waals surface area (Å²) in [6, 6.07) is -1.72. The minimum absolute atomic E-state index is 0.439. The van der Waals surface area contributed by atoms with Crippen molar-refractivity contribution < 1.29 is 15.1 Å². The van der Waals surface area contributed by atoms with Crippen molar-refractivity contribution in [1.82, 2.24) is 0 Å². The van der Waals surface area contributed by atoms with Crippen molar-refractivity contribution in [3.05, 3.63) is 33.2 Å². The van der Waals surface area contributed by atoms with Gasteiger partial charge in [0.15, 0.2) is 0 Å². The lowest BCUT2D eigenvalue weighted by atomic mass is 10.1. The molecule has 0 bridgehead atoms. The second kappa shape index (κ2) is 2.75. The molecule has 0 aliphatic heterocycles. The lowest BCUT2D eigenvalue weighted by molar-refractivity contribution is 1.29. The fraction of sp³-hybridized carbons (Fsp3) is 0.333. The molecule has 0 aliphatic carbocycles. The van der Waals surface area contributed by atoms with E-state index in [4.69, 9.17) is 15.1 Å². The number of benzene rings is 1. The molecule has 0 spiro atoms. The molecule has 0 fully saturated rings. The fourth-order valence-electron chi connectivity index (χ4n) is 0.516. The van der Waals surface area contributed by atoms with Crippen molar-refractivity contribution in [2.75, 3.05) is 0 Å². The van der Waals surface area contributed by atoms with Crippen LogP contribution in [0.5, 0.6) is 0 Å². The van der Waals surface area contributed by atoms with E-state index in [9.17, 15) is 0 Å². The van der Waals surface area contributed by atoms with Crippen molar-refractivity contribution in [3.63, 3.8) is 0 Å². The summed E-state index contributed by atoms with van der Waals surface area (Å²) in [6.07, 6.45) is 0. The third-order valence-electron chi connectivity index (χ3n) is 0.939. The van der Waals surface area contributed by atoms with Gasteiger partial charge in [0.05, 0.1) is 2.74 Å². The van der Waals surface area contributed by atoms with E-state index in [0.717, 1.165) is 0 Å².